The largest absolute Gasteiger partial charge is 0.381 e. The third-order valence-electron chi connectivity index (χ3n) is 1.49. The maximum Gasteiger partial charge on any atom is 0.308 e. The van der Waals surface area contributed by atoms with E-state index in [1.807, 2.05) is 0 Å². The molecule has 0 atom stereocenters. The molecule has 0 aliphatic rings. The Morgan fingerprint density at radius 3 is 2.57 bits per heavy atom. The predicted molar refractivity (Wildman–Crippen MR) is 61.9 cm³/mol. The highest BCUT2D eigenvalue weighted by Gasteiger charge is 2.12. The standard InChI is InChI=1S/C8H8Br2O3S/c1-2-14(11,12)13-7-5-3-4-6(9)8(7)10/h3-5H,2H2,1H3. The molecule has 0 unspecified atom stereocenters. The van der Waals surface area contributed by atoms with Crippen LogP contribution in [0.4, 0.5) is 0 Å². The van der Waals surface area contributed by atoms with Crippen molar-refractivity contribution in [2.45, 2.75) is 6.92 Å². The fourth-order valence-corrected chi connectivity index (χ4v) is 2.07. The minimum Gasteiger partial charge on any atom is -0.381 e. The SMILES string of the molecule is CCS(=O)(=O)Oc1cccc(Br)c1Br. The molecule has 0 aliphatic carbocycles. The molecule has 0 aromatic heterocycles. The summed E-state index contributed by atoms with van der Waals surface area (Å²) in [4.78, 5) is 0. The Balaban J connectivity index is 3.05. The molecule has 1 aromatic carbocycles. The van der Waals surface area contributed by atoms with Crippen LogP contribution < -0.4 is 4.18 Å². The van der Waals surface area contributed by atoms with Gasteiger partial charge in [0.15, 0.2) is 5.75 Å². The van der Waals surface area contributed by atoms with Gasteiger partial charge < -0.3 is 4.18 Å². The molecule has 78 valence electrons. The lowest BCUT2D eigenvalue weighted by Crippen LogP contribution is -2.11. The van der Waals surface area contributed by atoms with Crippen LogP contribution in [0.25, 0.3) is 0 Å². The Bertz CT molecular complexity index is 428. The topological polar surface area (TPSA) is 43.4 Å². The molecule has 0 bridgehead atoms. The van der Waals surface area contributed by atoms with E-state index < -0.39 is 10.1 Å². The van der Waals surface area contributed by atoms with E-state index in [0.717, 1.165) is 4.47 Å². The van der Waals surface area contributed by atoms with Crippen LogP contribution in [0.15, 0.2) is 27.1 Å². The Morgan fingerprint density at radius 2 is 2.00 bits per heavy atom. The number of benzene rings is 1. The quantitative estimate of drug-likeness (QED) is 0.792. The zero-order valence-corrected chi connectivity index (χ0v) is 11.3. The van der Waals surface area contributed by atoms with Crippen LogP contribution in [0.1, 0.15) is 6.92 Å². The highest BCUT2D eigenvalue weighted by molar-refractivity contribution is 9.13. The molecule has 14 heavy (non-hydrogen) atoms. The first kappa shape index (κ1) is 12.0. The van der Waals surface area contributed by atoms with Gasteiger partial charge in [-0.05, 0) is 50.9 Å². The van der Waals surface area contributed by atoms with Crippen molar-refractivity contribution in [3.05, 3.63) is 27.1 Å². The van der Waals surface area contributed by atoms with Crippen LogP contribution in [0, 0.1) is 0 Å². The van der Waals surface area contributed by atoms with Crippen LogP contribution >= 0.6 is 31.9 Å². The summed E-state index contributed by atoms with van der Waals surface area (Å²) < 4.78 is 28.6. The molecule has 0 fully saturated rings. The molecule has 0 radical (unpaired) electrons. The summed E-state index contributed by atoms with van der Waals surface area (Å²) in [6.07, 6.45) is 0. The first-order valence-corrected chi connectivity index (χ1v) is 6.99. The molecule has 0 heterocycles. The molecule has 3 nitrogen and oxygen atoms in total. The average Bonchev–Trinajstić information content (AvgIpc) is 2.13. The fourth-order valence-electron chi connectivity index (χ4n) is 0.744. The van der Waals surface area contributed by atoms with Gasteiger partial charge in [0.05, 0.1) is 10.2 Å². The predicted octanol–water partition coefficient (Wildman–Crippen LogP) is 2.94. The van der Waals surface area contributed by atoms with Crippen molar-refractivity contribution in [3.63, 3.8) is 0 Å². The molecule has 0 aliphatic heterocycles. The highest BCUT2D eigenvalue weighted by atomic mass is 79.9. The van der Waals surface area contributed by atoms with Crippen LogP contribution in [0.5, 0.6) is 5.75 Å². The molecule has 0 N–H and O–H groups in total. The van der Waals surface area contributed by atoms with Gasteiger partial charge in [-0.2, -0.15) is 8.42 Å². The normalized spacial score (nSPS) is 11.4. The van der Waals surface area contributed by atoms with Crippen LogP contribution in [-0.2, 0) is 10.1 Å². The zero-order valence-electron chi connectivity index (χ0n) is 7.33. The second kappa shape index (κ2) is 4.63. The van der Waals surface area contributed by atoms with E-state index in [-0.39, 0.29) is 5.75 Å². The lowest BCUT2D eigenvalue weighted by molar-refractivity contribution is 0.486. The van der Waals surface area contributed by atoms with Gasteiger partial charge in [0.1, 0.15) is 0 Å². The number of rotatable bonds is 3. The summed E-state index contributed by atoms with van der Waals surface area (Å²) in [5.41, 5.74) is 0. The Kier molecular flexibility index (Phi) is 3.97. The van der Waals surface area contributed by atoms with Crippen molar-refractivity contribution >= 4 is 42.0 Å². The van der Waals surface area contributed by atoms with E-state index in [2.05, 4.69) is 31.9 Å². The van der Waals surface area contributed by atoms with Gasteiger partial charge in [-0.3, -0.25) is 0 Å². The summed E-state index contributed by atoms with van der Waals surface area (Å²) in [5, 5.41) is 0. The van der Waals surface area contributed by atoms with Gasteiger partial charge in [-0.15, -0.1) is 0 Å². The van der Waals surface area contributed by atoms with Crippen LogP contribution in [0.2, 0.25) is 0 Å². The van der Waals surface area contributed by atoms with Crippen molar-refractivity contribution in [2.75, 3.05) is 5.75 Å². The van der Waals surface area contributed by atoms with Gasteiger partial charge in [0.25, 0.3) is 0 Å². The maximum atomic E-state index is 11.2. The van der Waals surface area contributed by atoms with E-state index in [4.69, 9.17) is 4.18 Å². The molecule has 0 saturated carbocycles. The van der Waals surface area contributed by atoms with Crippen LogP contribution in [0.3, 0.4) is 0 Å². The maximum absolute atomic E-state index is 11.2. The van der Waals surface area contributed by atoms with E-state index in [1.54, 1.807) is 18.2 Å². The highest BCUT2D eigenvalue weighted by Crippen LogP contribution is 2.32. The molecule has 0 spiro atoms. The minimum atomic E-state index is -3.46. The smallest absolute Gasteiger partial charge is 0.308 e. The summed E-state index contributed by atoms with van der Waals surface area (Å²) in [6, 6.07) is 5.08. The third-order valence-corrected chi connectivity index (χ3v) is 4.64. The Morgan fingerprint density at radius 1 is 1.36 bits per heavy atom. The second-order valence-electron chi connectivity index (χ2n) is 2.48. The molecular formula is C8H8Br2O3S. The van der Waals surface area contributed by atoms with E-state index >= 15 is 0 Å². The van der Waals surface area contributed by atoms with Crippen molar-refractivity contribution in [1.82, 2.24) is 0 Å². The second-order valence-corrected chi connectivity index (χ2v) is 5.99. The van der Waals surface area contributed by atoms with Crippen molar-refractivity contribution in [2.24, 2.45) is 0 Å². The third kappa shape index (κ3) is 2.96. The number of hydrogen-bond donors (Lipinski definition) is 0. The molecular weight excluding hydrogens is 336 g/mol. The zero-order chi connectivity index (χ0) is 10.8. The van der Waals surface area contributed by atoms with Crippen molar-refractivity contribution < 1.29 is 12.6 Å². The lowest BCUT2D eigenvalue weighted by Gasteiger charge is -2.07. The summed E-state index contributed by atoms with van der Waals surface area (Å²) in [6.45, 7) is 1.53. The summed E-state index contributed by atoms with van der Waals surface area (Å²) in [7, 11) is -3.46. The van der Waals surface area contributed by atoms with Crippen molar-refractivity contribution in [3.8, 4) is 5.75 Å². The van der Waals surface area contributed by atoms with Gasteiger partial charge in [0, 0.05) is 4.47 Å². The molecule has 1 rings (SSSR count). The van der Waals surface area contributed by atoms with Crippen LogP contribution in [-0.4, -0.2) is 14.2 Å². The minimum absolute atomic E-state index is 0.0496. The molecule has 6 heteroatoms. The van der Waals surface area contributed by atoms with E-state index in [1.165, 1.54) is 6.92 Å². The van der Waals surface area contributed by atoms with Gasteiger partial charge in [-0.1, -0.05) is 6.07 Å². The Hall–Kier alpha value is -0.0700. The average molecular weight is 344 g/mol. The van der Waals surface area contributed by atoms with Gasteiger partial charge in [-0.25, -0.2) is 0 Å². The molecule has 0 saturated heterocycles. The molecule has 0 amide bonds. The van der Waals surface area contributed by atoms with E-state index in [9.17, 15) is 8.42 Å². The first-order valence-electron chi connectivity index (χ1n) is 3.82. The van der Waals surface area contributed by atoms with Gasteiger partial charge >= 0.3 is 10.1 Å². The Labute approximate surface area is 99.8 Å². The van der Waals surface area contributed by atoms with Gasteiger partial charge in [0.2, 0.25) is 0 Å². The fraction of sp³-hybridized carbons (Fsp3) is 0.250. The van der Waals surface area contributed by atoms with E-state index in [0.29, 0.717) is 10.2 Å². The summed E-state index contributed by atoms with van der Waals surface area (Å²) in [5.74, 6) is 0.243. The lowest BCUT2D eigenvalue weighted by atomic mass is 10.3. The summed E-state index contributed by atoms with van der Waals surface area (Å²) >= 11 is 6.48. The number of hydrogen-bond acceptors (Lipinski definition) is 3. The number of halogens is 2. The molecule has 1 aromatic rings. The first-order chi connectivity index (χ1) is 6.46. The monoisotopic (exact) mass is 342 g/mol. The van der Waals surface area contributed by atoms with Crippen molar-refractivity contribution in [1.29, 1.82) is 0 Å².